The Hall–Kier alpha value is -2.55. The van der Waals surface area contributed by atoms with Crippen LogP contribution in [0, 0.1) is 6.92 Å². The second-order valence-corrected chi connectivity index (χ2v) is 4.51. The van der Waals surface area contributed by atoms with Crippen LogP contribution in [0.3, 0.4) is 0 Å². The number of hydrogen-bond donors (Lipinski definition) is 1. The van der Waals surface area contributed by atoms with Crippen molar-refractivity contribution < 1.29 is 14.6 Å². The van der Waals surface area contributed by atoms with Crippen LogP contribution >= 0.6 is 0 Å². The van der Waals surface area contributed by atoms with Crippen molar-refractivity contribution in [1.82, 2.24) is 0 Å². The first-order valence-corrected chi connectivity index (χ1v) is 6.26. The average molecular weight is 268 g/mol. The Balaban J connectivity index is 2.42. The maximum Gasteiger partial charge on any atom is 0.336 e. The topological polar surface area (TPSA) is 46.5 Å². The predicted molar refractivity (Wildman–Crippen MR) is 79.7 cm³/mol. The lowest BCUT2D eigenvalue weighted by atomic mass is 10.0. The molecule has 0 atom stereocenters. The van der Waals surface area contributed by atoms with Crippen LogP contribution in [-0.2, 0) is 4.79 Å². The molecule has 102 valence electrons. The lowest BCUT2D eigenvalue weighted by Crippen LogP contribution is -1.99. The molecule has 0 saturated carbocycles. The van der Waals surface area contributed by atoms with Crippen LogP contribution in [0.4, 0.5) is 0 Å². The van der Waals surface area contributed by atoms with Gasteiger partial charge in [0.1, 0.15) is 5.75 Å². The summed E-state index contributed by atoms with van der Waals surface area (Å²) >= 11 is 0. The fraction of sp³-hybridized carbons (Fsp3) is 0.118. The number of hydrogen-bond acceptors (Lipinski definition) is 2. The number of carboxylic acid groups (broad SMARTS) is 1. The van der Waals surface area contributed by atoms with Gasteiger partial charge in [-0.05, 0) is 36.3 Å². The molecule has 0 heterocycles. The molecule has 0 unspecified atom stereocenters. The minimum Gasteiger partial charge on any atom is -0.497 e. The quantitative estimate of drug-likeness (QED) is 0.680. The van der Waals surface area contributed by atoms with E-state index in [2.05, 4.69) is 0 Å². The lowest BCUT2D eigenvalue weighted by molar-refractivity contribution is -0.130. The molecular weight excluding hydrogens is 252 g/mol. The van der Waals surface area contributed by atoms with Crippen molar-refractivity contribution in [2.75, 3.05) is 7.11 Å². The molecule has 3 heteroatoms. The molecule has 0 amide bonds. The molecular formula is C17H16O3. The van der Waals surface area contributed by atoms with E-state index in [0.717, 1.165) is 11.1 Å². The van der Waals surface area contributed by atoms with Gasteiger partial charge in [-0.2, -0.15) is 0 Å². The number of carboxylic acids is 1. The average Bonchev–Trinajstić information content (AvgIpc) is 2.45. The second kappa shape index (κ2) is 6.06. The molecule has 20 heavy (non-hydrogen) atoms. The van der Waals surface area contributed by atoms with E-state index in [1.165, 1.54) is 0 Å². The molecule has 3 nitrogen and oxygen atoms in total. The zero-order valence-electron chi connectivity index (χ0n) is 11.5. The zero-order valence-corrected chi connectivity index (χ0v) is 11.5. The number of aryl methyl sites for hydroxylation is 1. The summed E-state index contributed by atoms with van der Waals surface area (Å²) in [5.74, 6) is -0.245. The van der Waals surface area contributed by atoms with Crippen molar-refractivity contribution in [2.24, 2.45) is 0 Å². The number of benzene rings is 2. The van der Waals surface area contributed by atoms with Crippen molar-refractivity contribution in [3.05, 3.63) is 65.2 Å². The highest BCUT2D eigenvalue weighted by atomic mass is 16.5. The smallest absolute Gasteiger partial charge is 0.336 e. The summed E-state index contributed by atoms with van der Waals surface area (Å²) < 4.78 is 5.08. The minimum absolute atomic E-state index is 0.262. The fourth-order valence-corrected chi connectivity index (χ4v) is 1.97. The molecule has 0 aliphatic heterocycles. The monoisotopic (exact) mass is 268 g/mol. The maximum absolute atomic E-state index is 11.4. The summed E-state index contributed by atoms with van der Waals surface area (Å²) in [6.07, 6.45) is 1.68. The second-order valence-electron chi connectivity index (χ2n) is 4.51. The Morgan fingerprint density at radius 1 is 1.15 bits per heavy atom. The highest BCUT2D eigenvalue weighted by Crippen LogP contribution is 2.21. The summed E-state index contributed by atoms with van der Waals surface area (Å²) in [7, 11) is 1.58. The molecule has 0 spiro atoms. The van der Waals surface area contributed by atoms with Gasteiger partial charge in [0.25, 0.3) is 0 Å². The first kappa shape index (κ1) is 13.9. The predicted octanol–water partition coefficient (Wildman–Crippen LogP) is 3.63. The van der Waals surface area contributed by atoms with E-state index >= 15 is 0 Å². The third kappa shape index (κ3) is 3.26. The van der Waals surface area contributed by atoms with Crippen LogP contribution in [-0.4, -0.2) is 18.2 Å². The van der Waals surface area contributed by atoms with E-state index < -0.39 is 5.97 Å². The standard InChI is InChI=1S/C17H16O3/c1-12-4-3-5-13(10-12)11-16(17(18)19)14-6-8-15(20-2)9-7-14/h3-11H,1-2H3,(H,18,19)/b16-11+. The van der Waals surface area contributed by atoms with Crippen molar-refractivity contribution in [3.8, 4) is 5.75 Å². The summed E-state index contributed by atoms with van der Waals surface area (Å²) in [4.78, 5) is 11.4. The molecule has 0 aliphatic rings. The molecule has 0 bridgehead atoms. The van der Waals surface area contributed by atoms with Gasteiger partial charge in [0.15, 0.2) is 0 Å². The van der Waals surface area contributed by atoms with Gasteiger partial charge in [0.2, 0.25) is 0 Å². The molecule has 2 aromatic carbocycles. The number of aliphatic carboxylic acids is 1. The highest BCUT2D eigenvalue weighted by Gasteiger charge is 2.10. The number of carbonyl (C=O) groups is 1. The van der Waals surface area contributed by atoms with E-state index in [9.17, 15) is 9.90 Å². The number of rotatable bonds is 4. The van der Waals surface area contributed by atoms with Gasteiger partial charge < -0.3 is 9.84 Å². The van der Waals surface area contributed by atoms with Gasteiger partial charge in [-0.15, -0.1) is 0 Å². The zero-order chi connectivity index (χ0) is 14.5. The van der Waals surface area contributed by atoms with Gasteiger partial charge in [-0.3, -0.25) is 0 Å². The normalized spacial score (nSPS) is 11.2. The lowest BCUT2D eigenvalue weighted by Gasteiger charge is -2.05. The Kier molecular flexibility index (Phi) is 4.20. The van der Waals surface area contributed by atoms with Crippen molar-refractivity contribution in [2.45, 2.75) is 6.92 Å². The van der Waals surface area contributed by atoms with Gasteiger partial charge in [0.05, 0.1) is 12.7 Å². The Labute approximate surface area is 118 Å². The summed E-state index contributed by atoms with van der Waals surface area (Å²) in [5, 5.41) is 9.38. The molecule has 0 aromatic heterocycles. The third-order valence-electron chi connectivity index (χ3n) is 2.98. The first-order chi connectivity index (χ1) is 9.60. The summed E-state index contributed by atoms with van der Waals surface area (Å²) in [6, 6.07) is 14.7. The van der Waals surface area contributed by atoms with E-state index in [4.69, 9.17) is 4.74 Å². The van der Waals surface area contributed by atoms with Gasteiger partial charge in [-0.1, -0.05) is 42.0 Å². The first-order valence-electron chi connectivity index (χ1n) is 6.26. The van der Waals surface area contributed by atoms with Crippen LogP contribution in [0.5, 0.6) is 5.75 Å². The van der Waals surface area contributed by atoms with Crippen LogP contribution in [0.25, 0.3) is 11.6 Å². The molecule has 2 rings (SSSR count). The highest BCUT2D eigenvalue weighted by molar-refractivity contribution is 6.20. The van der Waals surface area contributed by atoms with Crippen LogP contribution in [0.15, 0.2) is 48.5 Å². The van der Waals surface area contributed by atoms with Gasteiger partial charge in [-0.25, -0.2) is 4.79 Å². The van der Waals surface area contributed by atoms with Crippen molar-refractivity contribution in [1.29, 1.82) is 0 Å². The molecule has 0 aliphatic carbocycles. The summed E-state index contributed by atoms with van der Waals surface area (Å²) in [5.41, 5.74) is 2.88. The van der Waals surface area contributed by atoms with Gasteiger partial charge in [0, 0.05) is 0 Å². The molecule has 2 aromatic rings. The van der Waals surface area contributed by atoms with Crippen LogP contribution in [0.2, 0.25) is 0 Å². The van der Waals surface area contributed by atoms with E-state index in [1.807, 2.05) is 31.2 Å². The minimum atomic E-state index is -0.948. The molecule has 0 fully saturated rings. The molecule has 0 saturated heterocycles. The van der Waals surface area contributed by atoms with Crippen molar-refractivity contribution in [3.63, 3.8) is 0 Å². The molecule has 1 N–H and O–H groups in total. The SMILES string of the molecule is COc1ccc(/C(=C\c2cccc(C)c2)C(=O)O)cc1. The molecule has 0 radical (unpaired) electrons. The Morgan fingerprint density at radius 3 is 2.40 bits per heavy atom. The van der Waals surface area contributed by atoms with E-state index in [-0.39, 0.29) is 5.57 Å². The third-order valence-corrected chi connectivity index (χ3v) is 2.98. The fourth-order valence-electron chi connectivity index (χ4n) is 1.97. The Morgan fingerprint density at radius 2 is 1.85 bits per heavy atom. The maximum atomic E-state index is 11.4. The van der Waals surface area contributed by atoms with E-state index in [1.54, 1.807) is 37.5 Å². The number of ether oxygens (including phenoxy) is 1. The number of methoxy groups -OCH3 is 1. The van der Waals surface area contributed by atoms with Crippen molar-refractivity contribution >= 4 is 17.6 Å². The van der Waals surface area contributed by atoms with Gasteiger partial charge >= 0.3 is 5.97 Å². The summed E-state index contributed by atoms with van der Waals surface area (Å²) in [6.45, 7) is 1.98. The van der Waals surface area contributed by atoms with Crippen LogP contribution in [0.1, 0.15) is 16.7 Å². The Bertz CT molecular complexity index is 640. The van der Waals surface area contributed by atoms with E-state index in [0.29, 0.717) is 11.3 Å². The van der Waals surface area contributed by atoms with Crippen LogP contribution < -0.4 is 4.74 Å². The largest absolute Gasteiger partial charge is 0.497 e.